The lowest BCUT2D eigenvalue weighted by Crippen LogP contribution is -1.79. The standard InChI is InChI=1S/C9H7IN2OS/c1-5-2-3-6(4-7(5)13)8-11-12-9(10)14-8/h2-4,13H,1H3. The summed E-state index contributed by atoms with van der Waals surface area (Å²) in [7, 11) is 0. The summed E-state index contributed by atoms with van der Waals surface area (Å²) in [4.78, 5) is 0. The molecule has 1 aromatic heterocycles. The molecule has 0 spiro atoms. The molecule has 0 amide bonds. The van der Waals surface area contributed by atoms with Crippen LogP contribution in [0, 0.1) is 9.94 Å². The van der Waals surface area contributed by atoms with E-state index in [1.807, 2.05) is 19.1 Å². The van der Waals surface area contributed by atoms with Gasteiger partial charge in [0.05, 0.1) is 0 Å². The summed E-state index contributed by atoms with van der Waals surface area (Å²) in [6.45, 7) is 1.86. The van der Waals surface area contributed by atoms with Gasteiger partial charge >= 0.3 is 0 Å². The van der Waals surface area contributed by atoms with Gasteiger partial charge in [-0.3, -0.25) is 0 Å². The Morgan fingerprint density at radius 1 is 1.36 bits per heavy atom. The van der Waals surface area contributed by atoms with E-state index in [0.717, 1.165) is 19.1 Å². The average Bonchev–Trinajstić information content (AvgIpc) is 2.57. The van der Waals surface area contributed by atoms with Crippen LogP contribution >= 0.6 is 33.9 Å². The Morgan fingerprint density at radius 3 is 2.71 bits per heavy atom. The third kappa shape index (κ3) is 1.88. The number of hydrogen-bond donors (Lipinski definition) is 1. The van der Waals surface area contributed by atoms with E-state index in [2.05, 4.69) is 32.8 Å². The summed E-state index contributed by atoms with van der Waals surface area (Å²) < 4.78 is 0.901. The van der Waals surface area contributed by atoms with Crippen molar-refractivity contribution in [1.29, 1.82) is 0 Å². The molecule has 0 unspecified atom stereocenters. The first-order valence-corrected chi connectivity index (χ1v) is 5.85. The van der Waals surface area contributed by atoms with Crippen molar-refractivity contribution in [1.82, 2.24) is 10.2 Å². The Labute approximate surface area is 99.0 Å². The molecular formula is C9H7IN2OS. The molecule has 0 radical (unpaired) electrons. The van der Waals surface area contributed by atoms with Crippen LogP contribution in [0.25, 0.3) is 10.6 Å². The normalized spacial score (nSPS) is 10.4. The van der Waals surface area contributed by atoms with Crippen molar-refractivity contribution in [3.05, 3.63) is 26.8 Å². The fourth-order valence-corrected chi connectivity index (χ4v) is 2.37. The molecule has 0 aliphatic rings. The Morgan fingerprint density at radius 2 is 2.14 bits per heavy atom. The number of benzene rings is 1. The smallest absolute Gasteiger partial charge is 0.178 e. The Balaban J connectivity index is 2.47. The van der Waals surface area contributed by atoms with Crippen molar-refractivity contribution in [2.75, 3.05) is 0 Å². The summed E-state index contributed by atoms with van der Waals surface area (Å²) in [6, 6.07) is 5.52. The molecular weight excluding hydrogens is 311 g/mol. The van der Waals surface area contributed by atoms with Crippen LogP contribution in [0.2, 0.25) is 0 Å². The molecule has 0 bridgehead atoms. The summed E-state index contributed by atoms with van der Waals surface area (Å²) in [5.41, 5.74) is 1.78. The summed E-state index contributed by atoms with van der Waals surface area (Å²) >= 11 is 3.63. The molecule has 1 heterocycles. The van der Waals surface area contributed by atoms with Crippen LogP contribution in [-0.2, 0) is 0 Å². The fraction of sp³-hybridized carbons (Fsp3) is 0.111. The molecule has 5 heteroatoms. The lowest BCUT2D eigenvalue weighted by Gasteiger charge is -1.99. The molecule has 72 valence electrons. The highest BCUT2D eigenvalue weighted by molar-refractivity contribution is 14.1. The number of aromatic nitrogens is 2. The van der Waals surface area contributed by atoms with Crippen molar-refractivity contribution in [3.63, 3.8) is 0 Å². The van der Waals surface area contributed by atoms with E-state index in [1.54, 1.807) is 6.07 Å². The fourth-order valence-electron chi connectivity index (χ4n) is 1.06. The zero-order chi connectivity index (χ0) is 10.1. The maximum atomic E-state index is 9.52. The number of phenolic OH excluding ortho intramolecular Hbond substituents is 1. The molecule has 2 aromatic rings. The molecule has 0 aliphatic carbocycles. The van der Waals surface area contributed by atoms with Gasteiger partial charge in [-0.2, -0.15) is 0 Å². The third-order valence-corrected chi connectivity index (χ3v) is 3.49. The lowest BCUT2D eigenvalue weighted by molar-refractivity contribution is 0.471. The first-order chi connectivity index (χ1) is 6.66. The monoisotopic (exact) mass is 318 g/mol. The Hall–Kier alpha value is -0.690. The molecule has 0 atom stereocenters. The predicted octanol–water partition coefficient (Wildman–Crippen LogP) is 2.82. The number of aryl methyl sites for hydroxylation is 1. The largest absolute Gasteiger partial charge is 0.508 e. The van der Waals surface area contributed by atoms with Gasteiger partial charge in [-0.1, -0.05) is 23.5 Å². The van der Waals surface area contributed by atoms with Crippen LogP contribution in [0.1, 0.15) is 5.56 Å². The SMILES string of the molecule is Cc1ccc(-c2nnc(I)s2)cc1O. The molecule has 1 aromatic carbocycles. The number of nitrogens with zero attached hydrogens (tertiary/aromatic N) is 2. The van der Waals surface area contributed by atoms with Gasteiger partial charge in [-0.25, -0.2) is 0 Å². The second-order valence-electron chi connectivity index (χ2n) is 2.86. The summed E-state index contributed by atoms with van der Waals surface area (Å²) in [6.07, 6.45) is 0. The van der Waals surface area contributed by atoms with E-state index in [9.17, 15) is 5.11 Å². The topological polar surface area (TPSA) is 46.0 Å². The van der Waals surface area contributed by atoms with Gasteiger partial charge in [0, 0.05) is 5.56 Å². The highest BCUT2D eigenvalue weighted by Crippen LogP contribution is 2.28. The van der Waals surface area contributed by atoms with Gasteiger partial charge in [-0.15, -0.1) is 10.2 Å². The maximum Gasteiger partial charge on any atom is 0.178 e. The van der Waals surface area contributed by atoms with Crippen LogP contribution in [-0.4, -0.2) is 15.3 Å². The zero-order valence-corrected chi connectivity index (χ0v) is 10.3. The van der Waals surface area contributed by atoms with Gasteiger partial charge in [0.2, 0.25) is 0 Å². The molecule has 3 nitrogen and oxygen atoms in total. The van der Waals surface area contributed by atoms with Crippen molar-refractivity contribution in [2.45, 2.75) is 6.92 Å². The molecule has 2 rings (SSSR count). The van der Waals surface area contributed by atoms with Gasteiger partial charge in [-0.05, 0) is 41.1 Å². The Bertz CT molecular complexity index is 470. The number of rotatable bonds is 1. The van der Waals surface area contributed by atoms with E-state index in [0.29, 0.717) is 5.75 Å². The van der Waals surface area contributed by atoms with E-state index < -0.39 is 0 Å². The van der Waals surface area contributed by atoms with Crippen LogP contribution in [0.4, 0.5) is 0 Å². The van der Waals surface area contributed by atoms with E-state index in [4.69, 9.17) is 0 Å². The summed E-state index contributed by atoms with van der Waals surface area (Å²) in [5, 5.41) is 18.3. The number of aromatic hydroxyl groups is 1. The molecule has 0 fully saturated rings. The first kappa shape index (κ1) is 9.85. The molecule has 1 N–H and O–H groups in total. The quantitative estimate of drug-likeness (QED) is 0.823. The lowest BCUT2D eigenvalue weighted by atomic mass is 10.1. The maximum absolute atomic E-state index is 9.52. The number of halogens is 1. The van der Waals surface area contributed by atoms with Crippen LogP contribution in [0.15, 0.2) is 18.2 Å². The van der Waals surface area contributed by atoms with E-state index in [1.165, 1.54) is 11.3 Å². The van der Waals surface area contributed by atoms with Gasteiger partial charge in [0.15, 0.2) is 3.01 Å². The van der Waals surface area contributed by atoms with Crippen LogP contribution in [0.5, 0.6) is 5.75 Å². The highest BCUT2D eigenvalue weighted by Gasteiger charge is 2.06. The predicted molar refractivity (Wildman–Crippen MR) is 64.5 cm³/mol. The second-order valence-corrected chi connectivity index (χ2v) is 5.59. The molecule has 0 saturated heterocycles. The Kier molecular flexibility index (Phi) is 2.69. The minimum absolute atomic E-state index is 0.299. The van der Waals surface area contributed by atoms with E-state index >= 15 is 0 Å². The second kappa shape index (κ2) is 3.82. The molecule has 0 aliphatic heterocycles. The van der Waals surface area contributed by atoms with Gasteiger partial charge in [0.25, 0.3) is 0 Å². The van der Waals surface area contributed by atoms with E-state index in [-0.39, 0.29) is 0 Å². The zero-order valence-electron chi connectivity index (χ0n) is 7.36. The van der Waals surface area contributed by atoms with Gasteiger partial charge < -0.3 is 5.11 Å². The summed E-state index contributed by atoms with van der Waals surface area (Å²) in [5.74, 6) is 0.299. The third-order valence-electron chi connectivity index (χ3n) is 1.86. The van der Waals surface area contributed by atoms with Crippen molar-refractivity contribution in [3.8, 4) is 16.3 Å². The molecule has 0 saturated carbocycles. The van der Waals surface area contributed by atoms with Crippen molar-refractivity contribution < 1.29 is 5.11 Å². The van der Waals surface area contributed by atoms with Gasteiger partial charge in [0.1, 0.15) is 10.8 Å². The minimum atomic E-state index is 0.299. The van der Waals surface area contributed by atoms with Crippen molar-refractivity contribution >= 4 is 33.9 Å². The number of hydrogen-bond acceptors (Lipinski definition) is 4. The minimum Gasteiger partial charge on any atom is -0.508 e. The average molecular weight is 318 g/mol. The highest BCUT2D eigenvalue weighted by atomic mass is 127. The molecule has 14 heavy (non-hydrogen) atoms. The van der Waals surface area contributed by atoms with Crippen LogP contribution in [0.3, 0.4) is 0 Å². The van der Waals surface area contributed by atoms with Crippen LogP contribution < -0.4 is 0 Å². The number of phenols is 1. The first-order valence-electron chi connectivity index (χ1n) is 3.96. The van der Waals surface area contributed by atoms with Crippen molar-refractivity contribution in [2.24, 2.45) is 0 Å².